The van der Waals surface area contributed by atoms with Crippen LogP contribution in [0.25, 0.3) is 11.0 Å². The number of hydrogen-bond donors (Lipinski definition) is 1. The molecule has 1 atom stereocenters. The molecule has 0 saturated carbocycles. The molecule has 0 bridgehead atoms. The van der Waals surface area contributed by atoms with Gasteiger partial charge >= 0.3 is 0 Å². The molecule has 0 aliphatic heterocycles. The number of halogens is 3. The molecular weight excluding hydrogens is 357 g/mol. The molecule has 108 valence electrons. The number of benzene rings is 2. The molecule has 0 saturated heterocycles. The van der Waals surface area contributed by atoms with Crippen LogP contribution in [-0.2, 0) is 0 Å². The summed E-state index contributed by atoms with van der Waals surface area (Å²) in [5.41, 5.74) is 8.37. The molecule has 1 heterocycles. The molecule has 0 spiro atoms. The van der Waals surface area contributed by atoms with E-state index in [4.69, 9.17) is 17.3 Å². The maximum absolute atomic E-state index is 13.6. The van der Waals surface area contributed by atoms with Crippen molar-refractivity contribution >= 4 is 44.5 Å². The third kappa shape index (κ3) is 2.51. The lowest BCUT2D eigenvalue weighted by molar-refractivity contribution is 0.622. The molecule has 2 aromatic carbocycles. The summed E-state index contributed by atoms with van der Waals surface area (Å²) in [6, 6.07) is 10.6. The van der Waals surface area contributed by atoms with E-state index < -0.39 is 0 Å². The summed E-state index contributed by atoms with van der Waals surface area (Å²) in [5, 5.41) is 0.680. The summed E-state index contributed by atoms with van der Waals surface area (Å²) in [4.78, 5) is 4.23. The maximum atomic E-state index is 13.6. The van der Waals surface area contributed by atoms with Gasteiger partial charge in [0.25, 0.3) is 0 Å². The van der Waals surface area contributed by atoms with E-state index in [1.165, 1.54) is 6.07 Å². The van der Waals surface area contributed by atoms with E-state index in [9.17, 15) is 4.39 Å². The summed E-state index contributed by atoms with van der Waals surface area (Å²) in [5.74, 6) is -0.00348. The fraction of sp³-hybridized carbons (Fsp3) is 0.133. The van der Waals surface area contributed by atoms with Crippen molar-refractivity contribution in [2.24, 2.45) is 0 Å². The van der Waals surface area contributed by atoms with E-state index >= 15 is 0 Å². The van der Waals surface area contributed by atoms with Crippen molar-refractivity contribution in [2.45, 2.75) is 13.0 Å². The Morgan fingerprint density at radius 3 is 2.62 bits per heavy atom. The van der Waals surface area contributed by atoms with Crippen molar-refractivity contribution in [2.75, 3.05) is 5.73 Å². The van der Waals surface area contributed by atoms with Gasteiger partial charge in [0.1, 0.15) is 5.82 Å². The minimum absolute atomic E-state index is 0.0374. The molecule has 0 amide bonds. The number of nitrogens with zero attached hydrogens (tertiary/aromatic N) is 2. The number of anilines is 1. The van der Waals surface area contributed by atoms with E-state index in [1.807, 2.05) is 35.8 Å². The normalized spacial score (nSPS) is 12.8. The zero-order chi connectivity index (χ0) is 15.1. The zero-order valence-corrected chi connectivity index (χ0v) is 13.5. The van der Waals surface area contributed by atoms with Gasteiger partial charge in [0, 0.05) is 11.1 Å². The minimum Gasteiger partial charge on any atom is -0.369 e. The van der Waals surface area contributed by atoms with Gasteiger partial charge in [0.15, 0.2) is 0 Å². The molecule has 6 heteroatoms. The first kappa shape index (κ1) is 14.4. The number of fused-ring (bicyclic) bond motifs is 1. The van der Waals surface area contributed by atoms with Crippen molar-refractivity contribution in [1.29, 1.82) is 0 Å². The molecule has 0 fully saturated rings. The third-order valence-electron chi connectivity index (χ3n) is 3.50. The Bertz CT molecular complexity index is 814. The van der Waals surface area contributed by atoms with Crippen molar-refractivity contribution < 1.29 is 4.39 Å². The number of nitrogens with two attached hydrogens (primary N) is 1. The van der Waals surface area contributed by atoms with Crippen LogP contribution in [0.4, 0.5) is 10.3 Å². The van der Waals surface area contributed by atoms with Crippen LogP contribution in [0.3, 0.4) is 0 Å². The van der Waals surface area contributed by atoms with Crippen molar-refractivity contribution in [3.8, 4) is 0 Å². The number of nitrogen functional groups attached to an aromatic ring is 1. The van der Waals surface area contributed by atoms with Crippen molar-refractivity contribution in [1.82, 2.24) is 9.55 Å². The standard InChI is InChI=1S/C15H12BrClFN3/c1-8(9-2-4-10(17)5-3-9)21-14-6-11(16)12(18)7-13(14)20-15(21)19/h2-8H,1H3,(H2,19,20). The average Bonchev–Trinajstić information content (AvgIpc) is 2.75. The first-order chi connectivity index (χ1) is 9.97. The number of hydrogen-bond acceptors (Lipinski definition) is 2. The SMILES string of the molecule is CC(c1ccc(Cl)cc1)n1c(N)nc2cc(F)c(Br)cc21. The Balaban J connectivity index is 2.17. The van der Waals surface area contributed by atoms with Crippen LogP contribution < -0.4 is 5.73 Å². The molecule has 1 unspecified atom stereocenters. The lowest BCUT2D eigenvalue weighted by atomic mass is 10.1. The molecule has 3 rings (SSSR count). The summed E-state index contributed by atoms with van der Waals surface area (Å²) >= 11 is 9.11. The van der Waals surface area contributed by atoms with E-state index in [-0.39, 0.29) is 11.9 Å². The van der Waals surface area contributed by atoms with Crippen molar-refractivity contribution in [3.05, 3.63) is 57.3 Å². The monoisotopic (exact) mass is 367 g/mol. The summed E-state index contributed by atoms with van der Waals surface area (Å²) < 4.78 is 15.9. The van der Waals surface area contributed by atoms with Gasteiger partial charge < -0.3 is 10.3 Å². The summed E-state index contributed by atoms with van der Waals surface area (Å²) in [7, 11) is 0. The highest BCUT2D eigenvalue weighted by atomic mass is 79.9. The average molecular weight is 369 g/mol. The van der Waals surface area contributed by atoms with Crippen LogP contribution in [0.5, 0.6) is 0 Å². The van der Waals surface area contributed by atoms with E-state index in [0.29, 0.717) is 21.0 Å². The lowest BCUT2D eigenvalue weighted by Gasteiger charge is -2.16. The molecular formula is C15H12BrClFN3. The topological polar surface area (TPSA) is 43.8 Å². The molecule has 3 aromatic rings. The smallest absolute Gasteiger partial charge is 0.201 e. The van der Waals surface area contributed by atoms with E-state index in [1.54, 1.807) is 6.07 Å². The summed E-state index contributed by atoms with van der Waals surface area (Å²) in [6.07, 6.45) is 0. The number of imidazole rings is 1. The van der Waals surface area contributed by atoms with Gasteiger partial charge in [-0.05, 0) is 46.6 Å². The Hall–Kier alpha value is -1.59. The Morgan fingerprint density at radius 1 is 1.29 bits per heavy atom. The van der Waals surface area contributed by atoms with Crippen LogP contribution in [-0.4, -0.2) is 9.55 Å². The van der Waals surface area contributed by atoms with Gasteiger partial charge in [-0.2, -0.15) is 0 Å². The molecule has 0 radical (unpaired) electrons. The highest BCUT2D eigenvalue weighted by molar-refractivity contribution is 9.10. The predicted molar refractivity (Wildman–Crippen MR) is 87.1 cm³/mol. The van der Waals surface area contributed by atoms with Crippen LogP contribution in [0.2, 0.25) is 5.02 Å². The van der Waals surface area contributed by atoms with E-state index in [0.717, 1.165) is 11.1 Å². The van der Waals surface area contributed by atoms with Gasteiger partial charge in [-0.15, -0.1) is 0 Å². The minimum atomic E-state index is -0.355. The fourth-order valence-electron chi connectivity index (χ4n) is 2.41. The quantitative estimate of drug-likeness (QED) is 0.707. The van der Waals surface area contributed by atoms with Gasteiger partial charge in [0.2, 0.25) is 5.95 Å². The Labute approximate surface area is 134 Å². The van der Waals surface area contributed by atoms with Crippen LogP contribution in [0.15, 0.2) is 40.9 Å². The Morgan fingerprint density at radius 2 is 1.95 bits per heavy atom. The Kier molecular flexibility index (Phi) is 3.63. The first-order valence-corrected chi connectivity index (χ1v) is 7.52. The molecule has 2 N–H and O–H groups in total. The van der Waals surface area contributed by atoms with Gasteiger partial charge in [-0.3, -0.25) is 0 Å². The highest BCUT2D eigenvalue weighted by Gasteiger charge is 2.17. The lowest BCUT2D eigenvalue weighted by Crippen LogP contribution is -2.10. The van der Waals surface area contributed by atoms with Crippen LogP contribution in [0, 0.1) is 5.82 Å². The molecule has 0 aliphatic carbocycles. The number of rotatable bonds is 2. The molecule has 21 heavy (non-hydrogen) atoms. The second-order valence-electron chi connectivity index (χ2n) is 4.82. The highest BCUT2D eigenvalue weighted by Crippen LogP contribution is 2.30. The predicted octanol–water partition coefficient (Wildman–Crippen LogP) is 4.78. The summed E-state index contributed by atoms with van der Waals surface area (Å²) in [6.45, 7) is 2.01. The van der Waals surface area contributed by atoms with Crippen LogP contribution in [0.1, 0.15) is 18.5 Å². The second kappa shape index (κ2) is 5.31. The van der Waals surface area contributed by atoms with Gasteiger partial charge in [0.05, 0.1) is 21.5 Å². The first-order valence-electron chi connectivity index (χ1n) is 6.35. The largest absolute Gasteiger partial charge is 0.369 e. The zero-order valence-electron chi connectivity index (χ0n) is 11.1. The number of aromatic nitrogens is 2. The van der Waals surface area contributed by atoms with Crippen molar-refractivity contribution in [3.63, 3.8) is 0 Å². The van der Waals surface area contributed by atoms with Gasteiger partial charge in [-0.25, -0.2) is 9.37 Å². The maximum Gasteiger partial charge on any atom is 0.201 e. The molecule has 0 aliphatic rings. The molecule has 3 nitrogen and oxygen atoms in total. The second-order valence-corrected chi connectivity index (χ2v) is 6.11. The fourth-order valence-corrected chi connectivity index (χ4v) is 2.86. The molecule has 1 aromatic heterocycles. The van der Waals surface area contributed by atoms with Gasteiger partial charge in [-0.1, -0.05) is 23.7 Å². The third-order valence-corrected chi connectivity index (χ3v) is 4.36. The van der Waals surface area contributed by atoms with Crippen LogP contribution >= 0.6 is 27.5 Å². The van der Waals surface area contributed by atoms with E-state index in [2.05, 4.69) is 20.9 Å².